The van der Waals surface area contributed by atoms with Gasteiger partial charge in [-0.3, -0.25) is 0 Å². The van der Waals surface area contributed by atoms with Crippen molar-refractivity contribution in [3.63, 3.8) is 0 Å². The number of amides is 2. The molecule has 0 spiro atoms. The van der Waals surface area contributed by atoms with Crippen LogP contribution in [0.3, 0.4) is 0 Å². The predicted molar refractivity (Wildman–Crippen MR) is 60.4 cm³/mol. The van der Waals surface area contributed by atoms with Crippen molar-refractivity contribution in [1.29, 1.82) is 0 Å². The second-order valence-electron chi connectivity index (χ2n) is 4.18. The maximum atomic E-state index is 11.7. The molecule has 0 unspecified atom stereocenters. The summed E-state index contributed by atoms with van der Waals surface area (Å²) in [5, 5.41) is 19.9. The SMILES string of the molecule is NC1CCN(C(=O)N[C@H](CCO)C(=O)O)CC1. The summed E-state index contributed by atoms with van der Waals surface area (Å²) in [5.41, 5.74) is 5.71. The summed E-state index contributed by atoms with van der Waals surface area (Å²) < 4.78 is 0. The molecule has 2 amide bonds. The highest BCUT2D eigenvalue weighted by Crippen LogP contribution is 2.08. The van der Waals surface area contributed by atoms with Gasteiger partial charge in [0.2, 0.25) is 0 Å². The van der Waals surface area contributed by atoms with Crippen LogP contribution in [0.1, 0.15) is 19.3 Å². The highest BCUT2D eigenvalue weighted by Gasteiger charge is 2.25. The first kappa shape index (κ1) is 13.7. The van der Waals surface area contributed by atoms with E-state index in [9.17, 15) is 9.59 Å². The maximum absolute atomic E-state index is 11.7. The molecule has 1 heterocycles. The van der Waals surface area contributed by atoms with E-state index in [0.717, 1.165) is 12.8 Å². The third-order valence-corrected chi connectivity index (χ3v) is 2.84. The zero-order valence-electron chi connectivity index (χ0n) is 9.63. The number of aliphatic carboxylic acids is 1. The topological polar surface area (TPSA) is 116 Å². The minimum atomic E-state index is -1.14. The van der Waals surface area contributed by atoms with Gasteiger partial charge in [0.1, 0.15) is 6.04 Å². The van der Waals surface area contributed by atoms with Crippen molar-refractivity contribution in [3.8, 4) is 0 Å². The average molecular weight is 245 g/mol. The van der Waals surface area contributed by atoms with E-state index >= 15 is 0 Å². The Morgan fingerprint density at radius 1 is 1.41 bits per heavy atom. The van der Waals surface area contributed by atoms with E-state index in [-0.39, 0.29) is 19.1 Å². The molecule has 0 aromatic carbocycles. The number of carboxylic acid groups (broad SMARTS) is 1. The Balaban J connectivity index is 2.44. The summed E-state index contributed by atoms with van der Waals surface area (Å²) in [6.07, 6.45) is 1.46. The number of carbonyl (C=O) groups excluding carboxylic acids is 1. The summed E-state index contributed by atoms with van der Waals surface area (Å²) in [6.45, 7) is 0.805. The van der Waals surface area contributed by atoms with E-state index in [1.807, 2.05) is 0 Å². The molecule has 0 bridgehead atoms. The first-order valence-corrected chi connectivity index (χ1v) is 5.69. The summed E-state index contributed by atoms with van der Waals surface area (Å²) in [4.78, 5) is 24.1. The fourth-order valence-electron chi connectivity index (χ4n) is 1.73. The van der Waals surface area contributed by atoms with Crippen molar-refractivity contribution < 1.29 is 19.8 Å². The number of nitrogens with two attached hydrogens (primary N) is 1. The largest absolute Gasteiger partial charge is 0.480 e. The lowest BCUT2D eigenvalue weighted by molar-refractivity contribution is -0.139. The number of nitrogens with one attached hydrogen (secondary N) is 1. The molecule has 0 aromatic rings. The molecule has 7 heteroatoms. The number of aliphatic hydroxyl groups excluding tert-OH is 1. The van der Waals surface area contributed by atoms with Gasteiger partial charge in [0.25, 0.3) is 0 Å². The smallest absolute Gasteiger partial charge is 0.326 e. The van der Waals surface area contributed by atoms with E-state index in [4.69, 9.17) is 15.9 Å². The van der Waals surface area contributed by atoms with E-state index in [2.05, 4.69) is 5.32 Å². The summed E-state index contributed by atoms with van der Waals surface area (Å²) in [6, 6.07) is -1.33. The third kappa shape index (κ3) is 4.20. The van der Waals surface area contributed by atoms with Gasteiger partial charge in [-0.1, -0.05) is 0 Å². The van der Waals surface area contributed by atoms with Crippen molar-refractivity contribution >= 4 is 12.0 Å². The summed E-state index contributed by atoms with van der Waals surface area (Å²) in [5.74, 6) is -1.14. The van der Waals surface area contributed by atoms with Crippen molar-refractivity contribution in [2.75, 3.05) is 19.7 Å². The fourth-order valence-corrected chi connectivity index (χ4v) is 1.73. The number of nitrogens with zero attached hydrogens (tertiary/aromatic N) is 1. The highest BCUT2D eigenvalue weighted by atomic mass is 16.4. The Morgan fingerprint density at radius 2 is 2.00 bits per heavy atom. The number of hydrogen-bond acceptors (Lipinski definition) is 4. The van der Waals surface area contributed by atoms with Crippen LogP contribution >= 0.6 is 0 Å². The molecule has 1 atom stereocenters. The Labute approximate surface area is 99.6 Å². The molecule has 17 heavy (non-hydrogen) atoms. The third-order valence-electron chi connectivity index (χ3n) is 2.84. The van der Waals surface area contributed by atoms with Gasteiger partial charge in [-0.2, -0.15) is 0 Å². The minimum absolute atomic E-state index is 0.00836. The quantitative estimate of drug-likeness (QED) is 0.504. The second-order valence-corrected chi connectivity index (χ2v) is 4.18. The molecule has 0 radical (unpaired) electrons. The van der Waals surface area contributed by atoms with Gasteiger partial charge >= 0.3 is 12.0 Å². The Kier molecular flexibility index (Phi) is 5.17. The molecule has 0 aromatic heterocycles. The monoisotopic (exact) mass is 245 g/mol. The average Bonchev–Trinajstić information content (AvgIpc) is 2.29. The molecule has 5 N–H and O–H groups in total. The van der Waals surface area contributed by atoms with E-state index < -0.39 is 18.0 Å². The van der Waals surface area contributed by atoms with E-state index in [0.29, 0.717) is 13.1 Å². The van der Waals surface area contributed by atoms with Gasteiger partial charge in [0.15, 0.2) is 0 Å². The van der Waals surface area contributed by atoms with Gasteiger partial charge in [-0.25, -0.2) is 9.59 Å². The molecular weight excluding hydrogens is 226 g/mol. The van der Waals surface area contributed by atoms with E-state index in [1.54, 1.807) is 4.90 Å². The lowest BCUT2D eigenvalue weighted by Crippen LogP contribution is -2.51. The van der Waals surface area contributed by atoms with Crippen molar-refractivity contribution in [2.45, 2.75) is 31.3 Å². The van der Waals surface area contributed by atoms with Crippen LogP contribution in [0.25, 0.3) is 0 Å². The molecule has 1 aliphatic rings. The Morgan fingerprint density at radius 3 is 2.47 bits per heavy atom. The lowest BCUT2D eigenvalue weighted by atomic mass is 10.1. The molecule has 1 aliphatic heterocycles. The number of hydrogen-bond donors (Lipinski definition) is 4. The van der Waals surface area contributed by atoms with Crippen LogP contribution in [0.15, 0.2) is 0 Å². The molecule has 1 rings (SSSR count). The number of likely N-dealkylation sites (tertiary alicyclic amines) is 1. The number of rotatable bonds is 4. The molecule has 98 valence electrons. The summed E-state index contributed by atoms with van der Waals surface area (Å²) in [7, 11) is 0. The molecular formula is C10H19N3O4. The molecule has 0 aliphatic carbocycles. The first-order valence-electron chi connectivity index (χ1n) is 5.69. The van der Waals surface area contributed by atoms with Crippen LogP contribution in [0.5, 0.6) is 0 Å². The standard InChI is InChI=1S/C10H19N3O4/c11-7-1-4-13(5-2-7)10(17)12-8(3-6-14)9(15)16/h7-8,14H,1-6,11H2,(H,12,17)(H,15,16)/t8-/m1/s1. The number of piperidine rings is 1. The van der Waals surface area contributed by atoms with Crippen molar-refractivity contribution in [3.05, 3.63) is 0 Å². The zero-order chi connectivity index (χ0) is 12.8. The van der Waals surface area contributed by atoms with E-state index in [1.165, 1.54) is 0 Å². The number of urea groups is 1. The first-order chi connectivity index (χ1) is 8.04. The fraction of sp³-hybridized carbons (Fsp3) is 0.800. The molecule has 7 nitrogen and oxygen atoms in total. The van der Waals surface area contributed by atoms with Crippen LogP contribution in [-0.2, 0) is 4.79 Å². The maximum Gasteiger partial charge on any atom is 0.326 e. The van der Waals surface area contributed by atoms with Crippen LogP contribution < -0.4 is 11.1 Å². The summed E-state index contributed by atoms with van der Waals surface area (Å²) >= 11 is 0. The minimum Gasteiger partial charge on any atom is -0.480 e. The predicted octanol–water partition coefficient (Wildman–Crippen LogP) is -1.05. The van der Waals surface area contributed by atoms with Gasteiger partial charge in [-0.05, 0) is 12.8 Å². The van der Waals surface area contributed by atoms with Gasteiger partial charge in [0.05, 0.1) is 0 Å². The zero-order valence-corrected chi connectivity index (χ0v) is 9.63. The normalized spacial score (nSPS) is 18.8. The Bertz CT molecular complexity index is 277. The number of carboxylic acids is 1. The highest BCUT2D eigenvalue weighted by molar-refractivity contribution is 5.82. The van der Waals surface area contributed by atoms with Crippen LogP contribution in [-0.4, -0.2) is 58.9 Å². The molecule has 1 saturated heterocycles. The van der Waals surface area contributed by atoms with Crippen LogP contribution in [0, 0.1) is 0 Å². The van der Waals surface area contributed by atoms with Crippen LogP contribution in [0.2, 0.25) is 0 Å². The molecule has 1 fully saturated rings. The molecule has 0 saturated carbocycles. The van der Waals surface area contributed by atoms with Crippen molar-refractivity contribution in [1.82, 2.24) is 10.2 Å². The van der Waals surface area contributed by atoms with Crippen LogP contribution in [0.4, 0.5) is 4.79 Å². The second kappa shape index (κ2) is 6.41. The van der Waals surface area contributed by atoms with Gasteiger partial charge in [0, 0.05) is 32.2 Å². The lowest BCUT2D eigenvalue weighted by Gasteiger charge is -2.31. The Hall–Kier alpha value is -1.34. The number of aliphatic hydroxyl groups is 1. The van der Waals surface area contributed by atoms with Crippen molar-refractivity contribution in [2.24, 2.45) is 5.73 Å². The number of carbonyl (C=O) groups is 2. The van der Waals surface area contributed by atoms with Gasteiger partial charge in [-0.15, -0.1) is 0 Å². The van der Waals surface area contributed by atoms with Gasteiger partial charge < -0.3 is 26.2 Å².